The fourth-order valence-corrected chi connectivity index (χ4v) is 1.91. The molecule has 1 heteroatoms. The molecule has 2 aromatic rings. The summed E-state index contributed by atoms with van der Waals surface area (Å²) in [7, 11) is 0. The van der Waals surface area contributed by atoms with Crippen LogP contribution in [0.25, 0.3) is 11.3 Å². The molecule has 1 nitrogen and oxygen atoms in total. The summed E-state index contributed by atoms with van der Waals surface area (Å²) < 4.78 is 0. The first-order valence-corrected chi connectivity index (χ1v) is 6.26. The van der Waals surface area contributed by atoms with E-state index in [4.69, 9.17) is 0 Å². The highest BCUT2D eigenvalue weighted by Gasteiger charge is 2.04. The van der Waals surface area contributed by atoms with Gasteiger partial charge in [-0.3, -0.25) is 4.98 Å². The van der Waals surface area contributed by atoms with Crippen molar-refractivity contribution >= 4 is 0 Å². The highest BCUT2D eigenvalue weighted by molar-refractivity contribution is 5.60. The van der Waals surface area contributed by atoms with Gasteiger partial charge in [0.25, 0.3) is 0 Å². The molecule has 0 radical (unpaired) electrons. The maximum atomic E-state index is 4.47. The summed E-state index contributed by atoms with van der Waals surface area (Å²) in [5, 5.41) is 0. The molecule has 0 bridgehead atoms. The van der Waals surface area contributed by atoms with Crippen LogP contribution in [-0.2, 0) is 6.42 Å². The predicted molar refractivity (Wildman–Crippen MR) is 73.1 cm³/mol. The van der Waals surface area contributed by atoms with Crippen molar-refractivity contribution in [3.05, 3.63) is 53.7 Å². The van der Waals surface area contributed by atoms with Crippen molar-refractivity contribution in [2.24, 2.45) is 0 Å². The zero-order valence-corrected chi connectivity index (χ0v) is 10.8. The van der Waals surface area contributed by atoms with Gasteiger partial charge in [0.05, 0.1) is 5.69 Å². The largest absolute Gasteiger partial charge is 0.256 e. The van der Waals surface area contributed by atoms with Crippen molar-refractivity contribution in [1.29, 1.82) is 0 Å². The molecule has 2 rings (SSSR count). The van der Waals surface area contributed by atoms with Gasteiger partial charge in [-0.15, -0.1) is 0 Å². The van der Waals surface area contributed by atoms with Crippen molar-refractivity contribution in [2.75, 3.05) is 0 Å². The molecule has 0 atom stereocenters. The molecule has 1 heterocycles. The Hall–Kier alpha value is -1.63. The highest BCUT2D eigenvalue weighted by Crippen LogP contribution is 2.22. The van der Waals surface area contributed by atoms with Gasteiger partial charge >= 0.3 is 0 Å². The van der Waals surface area contributed by atoms with Gasteiger partial charge < -0.3 is 0 Å². The van der Waals surface area contributed by atoms with Gasteiger partial charge in [-0.25, -0.2) is 0 Å². The molecule has 1 aromatic carbocycles. The first-order chi connectivity index (χ1) is 8.20. The SMILES string of the molecule is CCc1cccc(-c2cc(C(C)C)ccn2)c1. The van der Waals surface area contributed by atoms with Crippen molar-refractivity contribution in [3.63, 3.8) is 0 Å². The molecular formula is C16H19N. The number of hydrogen-bond donors (Lipinski definition) is 0. The third-order valence-corrected chi connectivity index (χ3v) is 3.08. The normalized spacial score (nSPS) is 10.8. The minimum atomic E-state index is 0.547. The molecule has 0 spiro atoms. The topological polar surface area (TPSA) is 12.9 Å². The second-order valence-corrected chi connectivity index (χ2v) is 4.68. The molecule has 0 fully saturated rings. The maximum absolute atomic E-state index is 4.47. The van der Waals surface area contributed by atoms with E-state index in [9.17, 15) is 0 Å². The van der Waals surface area contributed by atoms with Crippen LogP contribution in [0.15, 0.2) is 42.6 Å². The molecular weight excluding hydrogens is 206 g/mol. The Morgan fingerprint density at radius 2 is 1.94 bits per heavy atom. The average Bonchev–Trinajstić information content (AvgIpc) is 2.39. The van der Waals surface area contributed by atoms with Gasteiger partial charge in [0.1, 0.15) is 0 Å². The van der Waals surface area contributed by atoms with E-state index in [1.165, 1.54) is 16.7 Å². The fraction of sp³-hybridized carbons (Fsp3) is 0.312. The number of hydrogen-bond acceptors (Lipinski definition) is 1. The monoisotopic (exact) mass is 225 g/mol. The predicted octanol–water partition coefficient (Wildman–Crippen LogP) is 4.43. The Kier molecular flexibility index (Phi) is 3.58. The quantitative estimate of drug-likeness (QED) is 0.752. The number of aryl methyl sites for hydroxylation is 1. The fourth-order valence-electron chi connectivity index (χ4n) is 1.91. The van der Waals surface area contributed by atoms with Crippen LogP contribution in [0.4, 0.5) is 0 Å². The van der Waals surface area contributed by atoms with E-state index in [-0.39, 0.29) is 0 Å². The van der Waals surface area contributed by atoms with Crippen molar-refractivity contribution in [2.45, 2.75) is 33.1 Å². The van der Waals surface area contributed by atoms with Crippen molar-refractivity contribution < 1.29 is 0 Å². The lowest BCUT2D eigenvalue weighted by Crippen LogP contribution is -1.91. The number of benzene rings is 1. The molecule has 0 saturated heterocycles. The summed E-state index contributed by atoms with van der Waals surface area (Å²) in [6, 6.07) is 12.9. The smallest absolute Gasteiger partial charge is 0.0704 e. The van der Waals surface area contributed by atoms with Crippen LogP contribution >= 0.6 is 0 Å². The van der Waals surface area contributed by atoms with E-state index in [1.807, 2.05) is 6.20 Å². The zero-order chi connectivity index (χ0) is 12.3. The summed E-state index contributed by atoms with van der Waals surface area (Å²) in [5.41, 5.74) is 4.99. The van der Waals surface area contributed by atoms with Gasteiger partial charge in [0.15, 0.2) is 0 Å². The lowest BCUT2D eigenvalue weighted by atomic mass is 10.0. The van der Waals surface area contributed by atoms with Crippen molar-refractivity contribution in [1.82, 2.24) is 4.98 Å². The Bertz CT molecular complexity index is 500. The third-order valence-electron chi connectivity index (χ3n) is 3.08. The van der Waals surface area contributed by atoms with Crippen LogP contribution in [-0.4, -0.2) is 4.98 Å². The first-order valence-electron chi connectivity index (χ1n) is 6.26. The Morgan fingerprint density at radius 1 is 1.12 bits per heavy atom. The molecule has 0 N–H and O–H groups in total. The molecule has 0 unspecified atom stereocenters. The van der Waals surface area contributed by atoms with Crippen LogP contribution in [0.5, 0.6) is 0 Å². The number of aromatic nitrogens is 1. The Labute approximate surface area is 104 Å². The van der Waals surface area contributed by atoms with E-state index in [1.54, 1.807) is 0 Å². The first kappa shape index (κ1) is 11.8. The molecule has 0 aliphatic carbocycles. The lowest BCUT2D eigenvalue weighted by molar-refractivity contribution is 0.864. The van der Waals surface area contributed by atoms with Gasteiger partial charge in [0, 0.05) is 11.8 Å². The van der Waals surface area contributed by atoms with Crippen LogP contribution in [0, 0.1) is 0 Å². The second-order valence-electron chi connectivity index (χ2n) is 4.68. The molecule has 0 aliphatic rings. The molecule has 88 valence electrons. The highest BCUT2D eigenvalue weighted by atomic mass is 14.7. The molecule has 1 aromatic heterocycles. The maximum Gasteiger partial charge on any atom is 0.0704 e. The second kappa shape index (κ2) is 5.13. The standard InChI is InChI=1S/C16H19N/c1-4-13-6-5-7-15(10-13)16-11-14(12(2)3)8-9-17-16/h5-12H,4H2,1-3H3. The van der Waals surface area contributed by atoms with Gasteiger partial charge in [-0.1, -0.05) is 39.0 Å². The molecule has 0 amide bonds. The number of pyridine rings is 1. The van der Waals surface area contributed by atoms with Gasteiger partial charge in [0.2, 0.25) is 0 Å². The van der Waals surface area contributed by atoms with E-state index in [0.717, 1.165) is 12.1 Å². The Morgan fingerprint density at radius 3 is 2.65 bits per heavy atom. The van der Waals surface area contributed by atoms with E-state index in [2.05, 4.69) is 62.2 Å². The van der Waals surface area contributed by atoms with E-state index in [0.29, 0.717) is 5.92 Å². The summed E-state index contributed by atoms with van der Waals surface area (Å²) >= 11 is 0. The zero-order valence-electron chi connectivity index (χ0n) is 10.8. The Balaban J connectivity index is 2.41. The van der Waals surface area contributed by atoms with E-state index >= 15 is 0 Å². The summed E-state index contributed by atoms with van der Waals surface area (Å²) in [5.74, 6) is 0.547. The minimum absolute atomic E-state index is 0.547. The van der Waals surface area contributed by atoms with Crippen LogP contribution in [0.1, 0.15) is 37.8 Å². The van der Waals surface area contributed by atoms with Crippen LogP contribution in [0.3, 0.4) is 0 Å². The number of nitrogens with zero attached hydrogens (tertiary/aromatic N) is 1. The van der Waals surface area contributed by atoms with Gasteiger partial charge in [-0.05, 0) is 41.7 Å². The average molecular weight is 225 g/mol. The van der Waals surface area contributed by atoms with Crippen molar-refractivity contribution in [3.8, 4) is 11.3 Å². The molecule has 0 aliphatic heterocycles. The van der Waals surface area contributed by atoms with E-state index < -0.39 is 0 Å². The summed E-state index contributed by atoms with van der Waals surface area (Å²) in [6.45, 7) is 6.60. The third kappa shape index (κ3) is 2.73. The van der Waals surface area contributed by atoms with Crippen LogP contribution < -0.4 is 0 Å². The van der Waals surface area contributed by atoms with Gasteiger partial charge in [-0.2, -0.15) is 0 Å². The molecule has 17 heavy (non-hydrogen) atoms. The summed E-state index contributed by atoms with van der Waals surface area (Å²) in [4.78, 5) is 4.47. The minimum Gasteiger partial charge on any atom is -0.256 e. The summed E-state index contributed by atoms with van der Waals surface area (Å²) in [6.07, 6.45) is 2.97. The van der Waals surface area contributed by atoms with Crippen LogP contribution in [0.2, 0.25) is 0 Å². The molecule has 0 saturated carbocycles. The lowest BCUT2D eigenvalue weighted by Gasteiger charge is -2.08. The number of rotatable bonds is 3.